The van der Waals surface area contributed by atoms with Crippen molar-refractivity contribution in [3.63, 3.8) is 0 Å². The summed E-state index contributed by atoms with van der Waals surface area (Å²) in [5.41, 5.74) is 2.23. The van der Waals surface area contributed by atoms with Gasteiger partial charge >= 0.3 is 12.2 Å². The van der Waals surface area contributed by atoms with E-state index >= 15 is 4.39 Å². The van der Waals surface area contributed by atoms with Crippen molar-refractivity contribution in [2.45, 2.75) is 43.2 Å². The smallest absolute Gasteiger partial charge is 0.417 e. The fourth-order valence-corrected chi connectivity index (χ4v) is 8.08. The van der Waals surface area contributed by atoms with Crippen LogP contribution in [-0.4, -0.2) is 70.5 Å². The lowest BCUT2D eigenvalue weighted by molar-refractivity contribution is -0.137. The Labute approximate surface area is 250 Å². The van der Waals surface area contributed by atoms with Gasteiger partial charge < -0.3 is 20.5 Å². The van der Waals surface area contributed by atoms with Crippen molar-refractivity contribution in [3.8, 4) is 17.1 Å². The molecule has 4 aromatic rings. The molecule has 0 radical (unpaired) electrons. The van der Waals surface area contributed by atoms with Crippen LogP contribution in [0.3, 0.4) is 0 Å². The standard InChI is InChI=1S/C29H26F6N6O2S/c30-12-7-28(4-1-5-41(28)8-12)11-43-27-39-22-14(25(40-27)37-21-15-9-42-10-16(15)21)6-17(29(33,34)35)19(20(22)32)13-2-3-18(31)24-23(13)38-26(36)44-24/h2-3,6,12,15-16,21H,1,4-5,7-11H2,(H2,36,38)(H,37,39,40)/t12-,15-,16+,21?,28+/m1/s1. The number of benzene rings is 2. The van der Waals surface area contributed by atoms with E-state index in [1.165, 1.54) is 0 Å². The number of nitrogens with zero attached hydrogens (tertiary/aromatic N) is 4. The van der Waals surface area contributed by atoms with Gasteiger partial charge in [0, 0.05) is 47.4 Å². The molecule has 232 valence electrons. The first kappa shape index (κ1) is 28.1. The molecule has 0 bridgehead atoms. The lowest BCUT2D eigenvalue weighted by atomic mass is 9.95. The summed E-state index contributed by atoms with van der Waals surface area (Å²) < 4.78 is 101. The van der Waals surface area contributed by atoms with E-state index in [2.05, 4.69) is 20.3 Å². The van der Waals surface area contributed by atoms with E-state index < -0.39 is 46.2 Å². The van der Waals surface area contributed by atoms with Gasteiger partial charge in [-0.25, -0.2) is 18.2 Å². The highest BCUT2D eigenvalue weighted by Gasteiger charge is 2.54. The quantitative estimate of drug-likeness (QED) is 0.257. The molecule has 5 atom stereocenters. The van der Waals surface area contributed by atoms with E-state index in [-0.39, 0.29) is 69.0 Å². The molecule has 4 aliphatic rings. The second-order valence-electron chi connectivity index (χ2n) is 12.1. The fourth-order valence-electron chi connectivity index (χ4n) is 7.32. The molecular formula is C29H26F6N6O2S. The summed E-state index contributed by atoms with van der Waals surface area (Å²) in [4.78, 5) is 14.8. The van der Waals surface area contributed by atoms with Crippen molar-refractivity contribution in [1.82, 2.24) is 19.9 Å². The van der Waals surface area contributed by atoms with Crippen molar-refractivity contribution in [2.75, 3.05) is 44.0 Å². The summed E-state index contributed by atoms with van der Waals surface area (Å²) in [6, 6.07) is 2.47. The third kappa shape index (κ3) is 4.37. The number of anilines is 2. The number of ether oxygens (including phenoxy) is 2. The Hall–Kier alpha value is -3.43. The lowest BCUT2D eigenvalue weighted by Gasteiger charge is -2.30. The predicted octanol–water partition coefficient (Wildman–Crippen LogP) is 5.80. The zero-order chi connectivity index (χ0) is 30.5. The summed E-state index contributed by atoms with van der Waals surface area (Å²) in [6.45, 7) is 2.08. The van der Waals surface area contributed by atoms with E-state index in [9.17, 15) is 22.0 Å². The molecule has 1 aliphatic carbocycles. The van der Waals surface area contributed by atoms with Gasteiger partial charge in [-0.2, -0.15) is 23.1 Å². The maximum atomic E-state index is 16.6. The van der Waals surface area contributed by atoms with Crippen LogP contribution in [0.4, 0.5) is 37.3 Å². The minimum absolute atomic E-state index is 0.00178. The Morgan fingerprint density at radius 3 is 2.70 bits per heavy atom. The first-order valence-electron chi connectivity index (χ1n) is 14.3. The highest BCUT2D eigenvalue weighted by Crippen LogP contribution is 2.49. The Kier molecular flexibility index (Phi) is 6.24. The summed E-state index contributed by atoms with van der Waals surface area (Å²) >= 11 is 0.754. The Bertz CT molecular complexity index is 1810. The SMILES string of the molecule is Nc1nc2c(-c3c(C(F)(F)F)cc4c(NC5[C@H]6COC[C@@H]56)nc(OC[C@@]56CCCN5C[C@H](F)C6)nc4c3F)ccc(F)c2s1. The molecule has 2 aromatic heterocycles. The van der Waals surface area contributed by atoms with Crippen LogP contribution < -0.4 is 15.8 Å². The van der Waals surface area contributed by atoms with Crippen molar-refractivity contribution in [2.24, 2.45) is 11.8 Å². The number of nitrogens with one attached hydrogen (secondary N) is 1. The minimum atomic E-state index is -5.00. The number of hydrogen-bond donors (Lipinski definition) is 2. The van der Waals surface area contributed by atoms with Crippen molar-refractivity contribution in [3.05, 3.63) is 35.4 Å². The maximum Gasteiger partial charge on any atom is 0.417 e. The second kappa shape index (κ2) is 9.78. The number of rotatable bonds is 6. The molecule has 44 heavy (non-hydrogen) atoms. The molecule has 1 saturated carbocycles. The number of halogens is 6. The van der Waals surface area contributed by atoms with Gasteiger partial charge in [0.1, 0.15) is 29.9 Å². The van der Waals surface area contributed by atoms with Gasteiger partial charge in [0.25, 0.3) is 0 Å². The van der Waals surface area contributed by atoms with Gasteiger partial charge in [-0.15, -0.1) is 0 Å². The van der Waals surface area contributed by atoms with Crippen LogP contribution >= 0.6 is 11.3 Å². The van der Waals surface area contributed by atoms with E-state index in [1.807, 2.05) is 4.90 Å². The number of nitrogens with two attached hydrogens (primary N) is 1. The van der Waals surface area contributed by atoms with Crippen LogP contribution in [0.15, 0.2) is 18.2 Å². The molecule has 8 nitrogen and oxygen atoms in total. The molecule has 3 N–H and O–H groups in total. The predicted molar refractivity (Wildman–Crippen MR) is 151 cm³/mol. The molecule has 3 aliphatic heterocycles. The normalized spacial score (nSPS) is 28.1. The number of fused-ring (bicyclic) bond motifs is 4. The number of alkyl halides is 4. The van der Waals surface area contributed by atoms with Crippen LogP contribution in [0, 0.1) is 23.5 Å². The van der Waals surface area contributed by atoms with E-state index in [0.717, 1.165) is 42.5 Å². The largest absolute Gasteiger partial charge is 0.461 e. The van der Waals surface area contributed by atoms with Gasteiger partial charge in [-0.05, 0) is 37.6 Å². The van der Waals surface area contributed by atoms with Crippen molar-refractivity contribution < 1.29 is 35.8 Å². The Morgan fingerprint density at radius 1 is 1.14 bits per heavy atom. The average Bonchev–Trinajstić information content (AvgIpc) is 3.47. The number of nitrogen functional groups attached to an aromatic ring is 1. The van der Waals surface area contributed by atoms with Gasteiger partial charge in [0.2, 0.25) is 0 Å². The van der Waals surface area contributed by atoms with Crippen molar-refractivity contribution in [1.29, 1.82) is 0 Å². The van der Waals surface area contributed by atoms with Gasteiger partial charge in [0.15, 0.2) is 10.9 Å². The molecule has 15 heteroatoms. The highest BCUT2D eigenvalue weighted by atomic mass is 32.1. The highest BCUT2D eigenvalue weighted by molar-refractivity contribution is 7.22. The Balaban J connectivity index is 1.29. The van der Waals surface area contributed by atoms with Gasteiger partial charge in [-0.3, -0.25) is 4.90 Å². The molecule has 4 fully saturated rings. The number of hydrogen-bond acceptors (Lipinski definition) is 9. The van der Waals surface area contributed by atoms with E-state index in [4.69, 9.17) is 15.2 Å². The van der Waals surface area contributed by atoms with E-state index in [0.29, 0.717) is 26.2 Å². The monoisotopic (exact) mass is 636 g/mol. The molecule has 5 heterocycles. The van der Waals surface area contributed by atoms with Crippen molar-refractivity contribution >= 4 is 43.4 Å². The molecule has 2 aromatic carbocycles. The van der Waals surface area contributed by atoms with Gasteiger partial charge in [-0.1, -0.05) is 11.3 Å². The molecular weight excluding hydrogens is 610 g/mol. The third-order valence-corrected chi connectivity index (χ3v) is 10.4. The topological polar surface area (TPSA) is 98.4 Å². The van der Waals surface area contributed by atoms with Gasteiger partial charge in [0.05, 0.1) is 34.5 Å². The first-order chi connectivity index (χ1) is 21.0. The molecule has 3 saturated heterocycles. The molecule has 8 rings (SSSR count). The van der Waals surface area contributed by atoms with Crippen LogP contribution in [-0.2, 0) is 10.9 Å². The first-order valence-corrected chi connectivity index (χ1v) is 15.2. The second-order valence-corrected chi connectivity index (χ2v) is 13.1. The molecule has 1 unspecified atom stereocenters. The van der Waals surface area contributed by atoms with E-state index in [1.54, 1.807) is 0 Å². The Morgan fingerprint density at radius 2 is 1.93 bits per heavy atom. The summed E-state index contributed by atoms with van der Waals surface area (Å²) in [6.07, 6.45) is -4.14. The zero-order valence-electron chi connectivity index (χ0n) is 23.1. The lowest BCUT2D eigenvalue weighted by Crippen LogP contribution is -2.43. The van der Waals surface area contributed by atoms with Crippen LogP contribution in [0.5, 0.6) is 6.01 Å². The summed E-state index contributed by atoms with van der Waals surface area (Å²) in [5, 5.41) is 2.94. The fraction of sp³-hybridized carbons (Fsp3) is 0.483. The molecule has 0 spiro atoms. The zero-order valence-corrected chi connectivity index (χ0v) is 23.9. The number of aromatic nitrogens is 3. The van der Waals surface area contributed by atoms with Crippen LogP contribution in [0.1, 0.15) is 24.8 Å². The van der Waals surface area contributed by atoms with Crippen LogP contribution in [0.2, 0.25) is 0 Å². The third-order valence-electron chi connectivity index (χ3n) is 9.48. The minimum Gasteiger partial charge on any atom is -0.461 e. The molecule has 0 amide bonds. The average molecular weight is 637 g/mol. The summed E-state index contributed by atoms with van der Waals surface area (Å²) in [7, 11) is 0. The maximum absolute atomic E-state index is 16.6. The number of thiazole rings is 1. The van der Waals surface area contributed by atoms with Crippen LogP contribution in [0.25, 0.3) is 32.2 Å². The summed E-state index contributed by atoms with van der Waals surface area (Å²) in [5.74, 6) is -1.71.